The predicted octanol–water partition coefficient (Wildman–Crippen LogP) is 3.84. The van der Waals surface area contributed by atoms with Crippen molar-refractivity contribution in [3.63, 3.8) is 0 Å². The molecular weight excluding hydrogens is 290 g/mol. The number of hydrogen-bond acceptors (Lipinski definition) is 4. The van der Waals surface area contributed by atoms with Gasteiger partial charge in [-0.25, -0.2) is 4.98 Å². The van der Waals surface area contributed by atoms with E-state index in [1.807, 2.05) is 27.7 Å². The molecule has 2 aromatic rings. The van der Waals surface area contributed by atoms with E-state index in [0.717, 1.165) is 11.4 Å². The van der Waals surface area contributed by atoms with Gasteiger partial charge in [-0.05, 0) is 18.6 Å². The zero-order valence-corrected chi connectivity index (χ0v) is 13.3. The zero-order valence-electron chi connectivity index (χ0n) is 12.5. The summed E-state index contributed by atoms with van der Waals surface area (Å²) < 4.78 is 5.14. The van der Waals surface area contributed by atoms with Crippen molar-refractivity contribution in [2.24, 2.45) is 0 Å². The van der Waals surface area contributed by atoms with E-state index in [-0.39, 0.29) is 11.3 Å². The topological polar surface area (TPSA) is 68.0 Å². The molecule has 0 aromatic carbocycles. The van der Waals surface area contributed by atoms with Crippen molar-refractivity contribution in [1.29, 1.82) is 0 Å². The van der Waals surface area contributed by atoms with Gasteiger partial charge in [0.05, 0.1) is 5.69 Å². The highest BCUT2D eigenvalue weighted by Crippen LogP contribution is 2.24. The molecule has 0 unspecified atom stereocenters. The molecule has 1 N–H and O–H groups in total. The molecule has 6 heteroatoms. The van der Waals surface area contributed by atoms with Gasteiger partial charge in [0.25, 0.3) is 5.91 Å². The maximum absolute atomic E-state index is 12.2. The molecule has 0 aliphatic carbocycles. The van der Waals surface area contributed by atoms with Crippen LogP contribution < -0.4 is 5.32 Å². The number of aromatic nitrogens is 2. The van der Waals surface area contributed by atoms with E-state index in [4.69, 9.17) is 16.1 Å². The number of amides is 1. The van der Waals surface area contributed by atoms with Crippen molar-refractivity contribution in [3.8, 4) is 0 Å². The van der Waals surface area contributed by atoms with E-state index >= 15 is 0 Å². The molecule has 0 atom stereocenters. The minimum atomic E-state index is -0.300. The van der Waals surface area contributed by atoms with Gasteiger partial charge in [0.15, 0.2) is 0 Å². The maximum Gasteiger partial charge on any atom is 0.258 e. The van der Waals surface area contributed by atoms with Crippen LogP contribution in [0.3, 0.4) is 0 Å². The molecule has 2 heterocycles. The maximum atomic E-state index is 12.2. The molecule has 2 rings (SSSR count). The van der Waals surface area contributed by atoms with Crippen LogP contribution in [-0.2, 0) is 11.8 Å². The summed E-state index contributed by atoms with van der Waals surface area (Å²) in [6, 6.07) is 4.96. The van der Waals surface area contributed by atoms with Crippen LogP contribution in [0.25, 0.3) is 0 Å². The Kier molecular flexibility index (Phi) is 4.32. The van der Waals surface area contributed by atoms with Crippen LogP contribution in [0.4, 0.5) is 5.88 Å². The molecule has 0 saturated carbocycles. The smallest absolute Gasteiger partial charge is 0.258 e. The highest BCUT2D eigenvalue weighted by Gasteiger charge is 2.20. The van der Waals surface area contributed by atoms with Crippen LogP contribution in [0, 0.1) is 0 Å². The van der Waals surface area contributed by atoms with Gasteiger partial charge in [-0.1, -0.05) is 44.5 Å². The molecule has 0 aliphatic rings. The van der Waals surface area contributed by atoms with E-state index < -0.39 is 0 Å². The number of anilines is 1. The number of pyridine rings is 1. The molecule has 112 valence electrons. The highest BCUT2D eigenvalue weighted by molar-refractivity contribution is 6.29. The van der Waals surface area contributed by atoms with Crippen molar-refractivity contribution < 1.29 is 9.32 Å². The van der Waals surface area contributed by atoms with E-state index in [0.29, 0.717) is 23.0 Å². The predicted molar refractivity (Wildman–Crippen MR) is 81.8 cm³/mol. The van der Waals surface area contributed by atoms with E-state index in [1.165, 1.54) is 6.07 Å². The summed E-state index contributed by atoms with van der Waals surface area (Å²) in [5, 5.41) is 6.93. The summed E-state index contributed by atoms with van der Waals surface area (Å²) in [5.74, 6) is 0.0153. The van der Waals surface area contributed by atoms with Gasteiger partial charge >= 0.3 is 0 Å². The number of nitrogens with one attached hydrogen (secondary N) is 1. The lowest BCUT2D eigenvalue weighted by atomic mass is 9.92. The SMILES string of the molecule is CCc1cc(C(=O)Nc2cc(C(C)(C)C)no2)cc(Cl)n1. The Morgan fingerprint density at radius 2 is 2.05 bits per heavy atom. The molecule has 0 spiro atoms. The van der Waals surface area contributed by atoms with Gasteiger partial charge in [0.2, 0.25) is 5.88 Å². The number of carbonyl (C=O) groups excluding carboxylic acids is 1. The fraction of sp³-hybridized carbons (Fsp3) is 0.400. The van der Waals surface area contributed by atoms with Crippen molar-refractivity contribution in [2.45, 2.75) is 39.5 Å². The highest BCUT2D eigenvalue weighted by atomic mass is 35.5. The third kappa shape index (κ3) is 3.82. The molecule has 1 amide bonds. The van der Waals surface area contributed by atoms with Crippen LogP contribution in [0.2, 0.25) is 5.15 Å². The Morgan fingerprint density at radius 3 is 2.62 bits per heavy atom. The summed E-state index contributed by atoms with van der Waals surface area (Å²) in [5.41, 5.74) is 1.85. The second kappa shape index (κ2) is 5.85. The molecule has 0 saturated heterocycles. The molecule has 0 radical (unpaired) electrons. The van der Waals surface area contributed by atoms with Crippen LogP contribution in [-0.4, -0.2) is 16.0 Å². The first-order valence-corrected chi connectivity index (χ1v) is 7.12. The number of carbonyl (C=O) groups is 1. The molecule has 0 aliphatic heterocycles. The van der Waals surface area contributed by atoms with E-state index in [2.05, 4.69) is 15.5 Å². The number of nitrogens with zero attached hydrogens (tertiary/aromatic N) is 2. The summed E-state index contributed by atoms with van der Waals surface area (Å²) in [4.78, 5) is 16.3. The lowest BCUT2D eigenvalue weighted by Crippen LogP contribution is -2.13. The number of hydrogen-bond donors (Lipinski definition) is 1. The number of halogens is 1. The Bertz CT molecular complexity index is 659. The standard InChI is InChI=1S/C15H18ClN3O2/c1-5-10-6-9(7-12(16)17-10)14(20)18-13-8-11(19-21-13)15(2,3)4/h6-8H,5H2,1-4H3,(H,18,20). The molecule has 0 fully saturated rings. The van der Waals surface area contributed by atoms with Crippen molar-refractivity contribution in [1.82, 2.24) is 10.1 Å². The van der Waals surface area contributed by atoms with Gasteiger partial charge in [-0.15, -0.1) is 0 Å². The van der Waals surface area contributed by atoms with Gasteiger partial charge < -0.3 is 4.52 Å². The third-order valence-corrected chi connectivity index (χ3v) is 3.18. The number of aryl methyl sites for hydroxylation is 1. The first kappa shape index (κ1) is 15.5. The molecule has 2 aromatic heterocycles. The van der Waals surface area contributed by atoms with Gasteiger partial charge in [-0.2, -0.15) is 0 Å². The van der Waals surface area contributed by atoms with E-state index in [9.17, 15) is 4.79 Å². The first-order chi connectivity index (χ1) is 9.79. The lowest BCUT2D eigenvalue weighted by Gasteiger charge is -2.12. The summed E-state index contributed by atoms with van der Waals surface area (Å²) >= 11 is 5.91. The Hall–Kier alpha value is -1.88. The first-order valence-electron chi connectivity index (χ1n) is 6.74. The minimum Gasteiger partial charge on any atom is -0.338 e. The Morgan fingerprint density at radius 1 is 1.33 bits per heavy atom. The normalized spacial score (nSPS) is 11.5. The second-order valence-electron chi connectivity index (χ2n) is 5.80. The quantitative estimate of drug-likeness (QED) is 0.875. The van der Waals surface area contributed by atoms with Crippen molar-refractivity contribution in [2.75, 3.05) is 5.32 Å². The number of rotatable bonds is 3. The second-order valence-corrected chi connectivity index (χ2v) is 6.19. The summed E-state index contributed by atoms with van der Waals surface area (Å²) in [6.45, 7) is 8.01. The van der Waals surface area contributed by atoms with E-state index in [1.54, 1.807) is 12.1 Å². The monoisotopic (exact) mass is 307 g/mol. The summed E-state index contributed by atoms with van der Waals surface area (Å²) in [6.07, 6.45) is 0.706. The van der Waals surface area contributed by atoms with Gasteiger partial charge in [0.1, 0.15) is 5.15 Å². The van der Waals surface area contributed by atoms with Crippen molar-refractivity contribution in [3.05, 3.63) is 40.3 Å². The van der Waals surface area contributed by atoms with Gasteiger partial charge in [-0.3, -0.25) is 10.1 Å². The van der Waals surface area contributed by atoms with Crippen LogP contribution in [0.5, 0.6) is 0 Å². The average Bonchev–Trinajstić information content (AvgIpc) is 2.86. The zero-order chi connectivity index (χ0) is 15.6. The van der Waals surface area contributed by atoms with Crippen molar-refractivity contribution >= 4 is 23.4 Å². The summed E-state index contributed by atoms with van der Waals surface area (Å²) in [7, 11) is 0. The molecular formula is C15H18ClN3O2. The minimum absolute atomic E-state index is 0.137. The lowest BCUT2D eigenvalue weighted by molar-refractivity contribution is 0.102. The van der Waals surface area contributed by atoms with Crippen LogP contribution in [0.1, 0.15) is 49.4 Å². The fourth-order valence-corrected chi connectivity index (χ4v) is 1.96. The third-order valence-electron chi connectivity index (χ3n) is 2.99. The molecule has 5 nitrogen and oxygen atoms in total. The Balaban J connectivity index is 2.18. The van der Waals surface area contributed by atoms with Crippen LogP contribution in [0.15, 0.2) is 22.7 Å². The molecule has 21 heavy (non-hydrogen) atoms. The Labute approximate surface area is 128 Å². The molecule has 0 bridgehead atoms. The average molecular weight is 308 g/mol. The van der Waals surface area contributed by atoms with Gasteiger partial charge in [0, 0.05) is 22.7 Å². The largest absolute Gasteiger partial charge is 0.338 e. The fourth-order valence-electron chi connectivity index (χ4n) is 1.74. The van der Waals surface area contributed by atoms with Crippen LogP contribution >= 0.6 is 11.6 Å².